The number of aromatic carboxylic acids is 1. The van der Waals surface area contributed by atoms with Gasteiger partial charge in [0.25, 0.3) is 0 Å². The number of carboxylic acid groups (broad SMARTS) is 1. The molecule has 0 amide bonds. The van der Waals surface area contributed by atoms with E-state index in [1.54, 1.807) is 12.1 Å². The lowest BCUT2D eigenvalue weighted by Crippen LogP contribution is -2.28. The molecule has 1 N–H and O–H groups in total. The standard InChI is InChI=1S/C12H13N3O2/c13-7-2-8-15(9-5-6-9)11-4-1-3-10(14-11)12(16)17/h1,3-4,9H,2,5-6,8H2,(H,16,17). The van der Waals surface area contributed by atoms with E-state index in [1.807, 2.05) is 4.90 Å². The summed E-state index contributed by atoms with van der Waals surface area (Å²) in [4.78, 5) is 17.0. The summed E-state index contributed by atoms with van der Waals surface area (Å²) in [6.45, 7) is 0.608. The van der Waals surface area contributed by atoms with Crippen LogP contribution in [-0.2, 0) is 0 Å². The Morgan fingerprint density at radius 1 is 1.59 bits per heavy atom. The van der Waals surface area contributed by atoms with E-state index in [1.165, 1.54) is 6.07 Å². The van der Waals surface area contributed by atoms with Gasteiger partial charge in [-0.3, -0.25) is 0 Å². The Bertz CT molecular complexity index is 463. The molecule has 1 aliphatic rings. The minimum absolute atomic E-state index is 0.0464. The number of aromatic nitrogens is 1. The minimum atomic E-state index is -1.03. The lowest BCUT2D eigenvalue weighted by molar-refractivity contribution is 0.0690. The lowest BCUT2D eigenvalue weighted by Gasteiger charge is -2.22. The second-order valence-electron chi connectivity index (χ2n) is 4.02. The molecule has 1 aromatic heterocycles. The summed E-state index contributed by atoms with van der Waals surface area (Å²) in [5.74, 6) is -0.370. The maximum atomic E-state index is 10.8. The smallest absolute Gasteiger partial charge is 0.354 e. The van der Waals surface area contributed by atoms with Gasteiger partial charge in [-0.2, -0.15) is 5.26 Å². The highest BCUT2D eigenvalue weighted by atomic mass is 16.4. The Kier molecular flexibility index (Phi) is 3.24. The zero-order valence-electron chi connectivity index (χ0n) is 9.33. The average Bonchev–Trinajstić information content (AvgIpc) is 3.14. The molecule has 1 aromatic rings. The summed E-state index contributed by atoms with van der Waals surface area (Å²) in [7, 11) is 0. The van der Waals surface area contributed by atoms with Gasteiger partial charge in [-0.1, -0.05) is 6.07 Å². The fraction of sp³-hybridized carbons (Fsp3) is 0.417. The summed E-state index contributed by atoms with van der Waals surface area (Å²) in [6.07, 6.45) is 2.60. The van der Waals surface area contributed by atoms with Crippen LogP contribution >= 0.6 is 0 Å². The van der Waals surface area contributed by atoms with E-state index < -0.39 is 5.97 Å². The van der Waals surface area contributed by atoms with Crippen LogP contribution in [0.3, 0.4) is 0 Å². The zero-order chi connectivity index (χ0) is 12.3. The summed E-state index contributed by atoms with van der Waals surface area (Å²) in [5.41, 5.74) is 0.0464. The molecule has 1 heterocycles. The minimum Gasteiger partial charge on any atom is -0.477 e. The van der Waals surface area contributed by atoms with E-state index in [0.29, 0.717) is 24.8 Å². The largest absolute Gasteiger partial charge is 0.477 e. The predicted molar refractivity (Wildman–Crippen MR) is 61.8 cm³/mol. The highest BCUT2D eigenvalue weighted by Gasteiger charge is 2.29. The molecular formula is C12H13N3O2. The van der Waals surface area contributed by atoms with Gasteiger partial charge >= 0.3 is 5.97 Å². The second-order valence-corrected chi connectivity index (χ2v) is 4.02. The number of hydrogen-bond donors (Lipinski definition) is 1. The first-order chi connectivity index (χ1) is 8.22. The van der Waals surface area contributed by atoms with Crippen LogP contribution in [0.1, 0.15) is 29.8 Å². The van der Waals surface area contributed by atoms with Gasteiger partial charge in [0.2, 0.25) is 0 Å². The molecule has 17 heavy (non-hydrogen) atoms. The van der Waals surface area contributed by atoms with E-state index in [4.69, 9.17) is 10.4 Å². The second kappa shape index (κ2) is 4.83. The Hall–Kier alpha value is -2.09. The van der Waals surface area contributed by atoms with Gasteiger partial charge in [0.05, 0.1) is 12.5 Å². The number of hydrogen-bond acceptors (Lipinski definition) is 4. The Balaban J connectivity index is 2.20. The number of anilines is 1. The third-order valence-corrected chi connectivity index (χ3v) is 2.70. The van der Waals surface area contributed by atoms with Gasteiger partial charge in [0.15, 0.2) is 5.69 Å². The Labute approximate surface area is 99.3 Å². The summed E-state index contributed by atoms with van der Waals surface area (Å²) >= 11 is 0. The Morgan fingerprint density at radius 2 is 2.35 bits per heavy atom. The average molecular weight is 231 g/mol. The van der Waals surface area contributed by atoms with Crippen molar-refractivity contribution in [1.29, 1.82) is 5.26 Å². The number of rotatable bonds is 5. The SMILES string of the molecule is N#CCCN(c1cccc(C(=O)O)n1)C1CC1. The van der Waals surface area contributed by atoms with Gasteiger partial charge in [-0.25, -0.2) is 9.78 Å². The molecule has 1 saturated carbocycles. The van der Waals surface area contributed by atoms with Crippen LogP contribution in [0.5, 0.6) is 0 Å². The quantitative estimate of drug-likeness (QED) is 0.833. The van der Waals surface area contributed by atoms with Crippen molar-refractivity contribution in [3.8, 4) is 6.07 Å². The summed E-state index contributed by atoms with van der Waals surface area (Å²) in [5, 5.41) is 17.5. The number of pyridine rings is 1. The van der Waals surface area contributed by atoms with Gasteiger partial charge < -0.3 is 10.0 Å². The maximum Gasteiger partial charge on any atom is 0.354 e. The van der Waals surface area contributed by atoms with Crippen molar-refractivity contribution in [1.82, 2.24) is 4.98 Å². The van der Waals surface area contributed by atoms with Crippen LogP contribution in [0.15, 0.2) is 18.2 Å². The van der Waals surface area contributed by atoms with Crippen LogP contribution in [-0.4, -0.2) is 28.6 Å². The lowest BCUT2D eigenvalue weighted by atomic mass is 10.3. The van der Waals surface area contributed by atoms with Gasteiger partial charge in [-0.15, -0.1) is 0 Å². The van der Waals surface area contributed by atoms with Crippen LogP contribution in [0.4, 0.5) is 5.82 Å². The topological polar surface area (TPSA) is 77.2 Å². The number of nitriles is 1. The van der Waals surface area contributed by atoms with Crippen molar-refractivity contribution in [3.05, 3.63) is 23.9 Å². The first kappa shape index (κ1) is 11.4. The fourth-order valence-corrected chi connectivity index (χ4v) is 1.74. The van der Waals surface area contributed by atoms with Crippen LogP contribution in [0.2, 0.25) is 0 Å². The van der Waals surface area contributed by atoms with E-state index in [9.17, 15) is 4.79 Å². The first-order valence-corrected chi connectivity index (χ1v) is 5.56. The number of carbonyl (C=O) groups is 1. The number of nitrogens with zero attached hydrogens (tertiary/aromatic N) is 3. The van der Waals surface area contributed by atoms with Crippen LogP contribution in [0.25, 0.3) is 0 Å². The molecule has 0 bridgehead atoms. The molecule has 1 aliphatic carbocycles. The van der Waals surface area contributed by atoms with Gasteiger partial charge in [-0.05, 0) is 25.0 Å². The Morgan fingerprint density at radius 3 is 2.94 bits per heavy atom. The molecule has 2 rings (SSSR count). The van der Waals surface area contributed by atoms with Gasteiger partial charge in [0, 0.05) is 12.6 Å². The van der Waals surface area contributed by atoms with E-state index in [0.717, 1.165) is 12.8 Å². The monoisotopic (exact) mass is 231 g/mol. The van der Waals surface area contributed by atoms with Crippen molar-refractivity contribution < 1.29 is 9.90 Å². The molecule has 1 fully saturated rings. The molecule has 5 heteroatoms. The third-order valence-electron chi connectivity index (χ3n) is 2.70. The summed E-state index contributed by atoms with van der Waals surface area (Å²) in [6, 6.07) is 7.47. The van der Waals surface area contributed by atoms with Crippen molar-refractivity contribution in [2.45, 2.75) is 25.3 Å². The van der Waals surface area contributed by atoms with Crippen LogP contribution < -0.4 is 4.90 Å². The zero-order valence-corrected chi connectivity index (χ0v) is 9.33. The van der Waals surface area contributed by atoms with Gasteiger partial charge in [0.1, 0.15) is 5.82 Å². The molecule has 5 nitrogen and oxygen atoms in total. The first-order valence-electron chi connectivity index (χ1n) is 5.56. The molecule has 0 radical (unpaired) electrons. The third kappa shape index (κ3) is 2.72. The molecule has 0 unspecified atom stereocenters. The van der Waals surface area contributed by atoms with E-state index >= 15 is 0 Å². The van der Waals surface area contributed by atoms with Crippen LogP contribution in [0, 0.1) is 11.3 Å². The van der Waals surface area contributed by atoms with Crippen molar-refractivity contribution >= 4 is 11.8 Å². The normalized spacial score (nSPS) is 14.1. The molecule has 0 spiro atoms. The highest BCUT2D eigenvalue weighted by Crippen LogP contribution is 2.30. The fourth-order valence-electron chi connectivity index (χ4n) is 1.74. The maximum absolute atomic E-state index is 10.8. The molecule has 0 atom stereocenters. The molecule has 0 aliphatic heterocycles. The predicted octanol–water partition coefficient (Wildman–Crippen LogP) is 1.66. The van der Waals surface area contributed by atoms with Crippen molar-refractivity contribution in [2.24, 2.45) is 0 Å². The number of carboxylic acids is 1. The molecule has 0 aromatic carbocycles. The molecule has 88 valence electrons. The molecular weight excluding hydrogens is 218 g/mol. The molecule has 0 saturated heterocycles. The van der Waals surface area contributed by atoms with Crippen molar-refractivity contribution in [2.75, 3.05) is 11.4 Å². The van der Waals surface area contributed by atoms with E-state index in [2.05, 4.69) is 11.1 Å². The van der Waals surface area contributed by atoms with E-state index in [-0.39, 0.29) is 5.69 Å². The van der Waals surface area contributed by atoms with Crippen molar-refractivity contribution in [3.63, 3.8) is 0 Å². The summed E-state index contributed by atoms with van der Waals surface area (Å²) < 4.78 is 0. The highest BCUT2D eigenvalue weighted by molar-refractivity contribution is 5.85.